The molecule has 1 aliphatic heterocycles. The Bertz CT molecular complexity index is 744. The molecule has 0 spiro atoms. The van der Waals surface area contributed by atoms with E-state index in [1.165, 1.54) is 0 Å². The molecule has 0 radical (unpaired) electrons. The summed E-state index contributed by atoms with van der Waals surface area (Å²) in [6, 6.07) is 5.89. The van der Waals surface area contributed by atoms with E-state index >= 15 is 0 Å². The van der Waals surface area contributed by atoms with Crippen molar-refractivity contribution >= 4 is 22.8 Å². The van der Waals surface area contributed by atoms with E-state index in [0.717, 1.165) is 22.5 Å². The number of alkyl halides is 2. The zero-order valence-electron chi connectivity index (χ0n) is 13.0. The third-order valence-corrected chi connectivity index (χ3v) is 4.00. The van der Waals surface area contributed by atoms with Crippen LogP contribution in [0.4, 0.5) is 14.6 Å². The molecule has 7 heteroatoms. The van der Waals surface area contributed by atoms with Crippen LogP contribution in [0.2, 0.25) is 0 Å². The minimum atomic E-state index is -2.52. The van der Waals surface area contributed by atoms with E-state index in [0.29, 0.717) is 18.7 Å². The van der Waals surface area contributed by atoms with E-state index in [1.54, 1.807) is 0 Å². The number of halogens is 2. The lowest BCUT2D eigenvalue weighted by Crippen LogP contribution is -2.54. The van der Waals surface area contributed by atoms with E-state index in [1.807, 2.05) is 36.9 Å². The van der Waals surface area contributed by atoms with Crippen LogP contribution < -0.4 is 10.2 Å². The number of carbonyl (C=O) groups excluding carboxylic acids is 1. The van der Waals surface area contributed by atoms with E-state index < -0.39 is 13.0 Å². The molecule has 1 saturated heterocycles. The second kappa shape index (κ2) is 6.06. The predicted molar refractivity (Wildman–Crippen MR) is 83.7 cm³/mol. The summed E-state index contributed by atoms with van der Waals surface area (Å²) in [4.78, 5) is 22.6. The van der Waals surface area contributed by atoms with Crippen molar-refractivity contribution in [3.8, 4) is 0 Å². The maximum atomic E-state index is 12.1. The number of hydrogen-bond acceptors (Lipinski definition) is 4. The number of hydrogen-bond donors (Lipinski definition) is 1. The van der Waals surface area contributed by atoms with Crippen LogP contribution in [-0.2, 0) is 4.79 Å². The van der Waals surface area contributed by atoms with Gasteiger partial charge in [0.2, 0.25) is 5.91 Å². The molecule has 0 atom stereocenters. The average Bonchev–Trinajstić information content (AvgIpc) is 2.43. The van der Waals surface area contributed by atoms with Crippen molar-refractivity contribution in [1.29, 1.82) is 0 Å². The second-order valence-corrected chi connectivity index (χ2v) is 5.86. The van der Waals surface area contributed by atoms with Gasteiger partial charge in [-0.15, -0.1) is 0 Å². The lowest BCUT2D eigenvalue weighted by Gasteiger charge is -2.39. The Kier molecular flexibility index (Phi) is 4.11. The van der Waals surface area contributed by atoms with Gasteiger partial charge in [0.25, 0.3) is 6.43 Å². The molecule has 0 bridgehead atoms. The molecular formula is C16H18F2N4O. The van der Waals surface area contributed by atoms with Crippen LogP contribution in [0.25, 0.3) is 11.0 Å². The molecule has 23 heavy (non-hydrogen) atoms. The lowest BCUT2D eigenvalue weighted by atomic mass is 9.99. The Morgan fingerprint density at radius 3 is 2.78 bits per heavy atom. The average molecular weight is 320 g/mol. The molecule has 0 unspecified atom stereocenters. The van der Waals surface area contributed by atoms with Crippen molar-refractivity contribution in [2.24, 2.45) is 5.92 Å². The summed E-state index contributed by atoms with van der Waals surface area (Å²) in [6.07, 6.45) is -2.52. The zero-order valence-corrected chi connectivity index (χ0v) is 13.0. The zero-order chi connectivity index (χ0) is 16.6. The fourth-order valence-corrected chi connectivity index (χ4v) is 2.75. The minimum Gasteiger partial charge on any atom is -0.355 e. The van der Waals surface area contributed by atoms with Crippen molar-refractivity contribution in [3.63, 3.8) is 0 Å². The lowest BCUT2D eigenvalue weighted by molar-refractivity contribution is -0.126. The summed E-state index contributed by atoms with van der Waals surface area (Å²) in [5, 5.41) is 3.26. The van der Waals surface area contributed by atoms with Crippen molar-refractivity contribution in [2.75, 3.05) is 24.5 Å². The standard InChI is InChI=1S/C16H18F2N4O/c1-9-5-10(2)20-15-12(9)3-4-14(21-15)22-7-11(8-22)16(23)19-6-13(17)18/h3-5,11,13H,6-8H2,1-2H3,(H,19,23). The van der Waals surface area contributed by atoms with Crippen LogP contribution >= 0.6 is 0 Å². The SMILES string of the molecule is Cc1cc(C)c2ccc(N3CC(C(=O)NCC(F)F)C3)nc2n1. The van der Waals surface area contributed by atoms with Crippen LogP contribution in [-0.4, -0.2) is 41.9 Å². The third-order valence-electron chi connectivity index (χ3n) is 4.00. The maximum absolute atomic E-state index is 12.1. The molecule has 1 fully saturated rings. The normalized spacial score (nSPS) is 15.1. The summed E-state index contributed by atoms with van der Waals surface area (Å²) < 4.78 is 24.2. The van der Waals surface area contributed by atoms with Crippen molar-refractivity contribution in [1.82, 2.24) is 15.3 Å². The molecule has 3 rings (SSSR count). The van der Waals surface area contributed by atoms with Gasteiger partial charge in [-0.05, 0) is 37.6 Å². The monoisotopic (exact) mass is 320 g/mol. The first-order valence-corrected chi connectivity index (χ1v) is 7.50. The quantitative estimate of drug-likeness (QED) is 0.937. The highest BCUT2D eigenvalue weighted by Gasteiger charge is 2.33. The van der Waals surface area contributed by atoms with Gasteiger partial charge in [0.1, 0.15) is 5.82 Å². The van der Waals surface area contributed by atoms with E-state index in [9.17, 15) is 13.6 Å². The molecule has 3 heterocycles. The van der Waals surface area contributed by atoms with Gasteiger partial charge in [0, 0.05) is 24.2 Å². The summed E-state index contributed by atoms with van der Waals surface area (Å²) in [6.45, 7) is 4.32. The Balaban J connectivity index is 1.68. The van der Waals surface area contributed by atoms with Gasteiger partial charge < -0.3 is 10.2 Å². The number of carbonyl (C=O) groups is 1. The van der Waals surface area contributed by atoms with Gasteiger partial charge >= 0.3 is 0 Å². The van der Waals surface area contributed by atoms with Crippen LogP contribution in [0, 0.1) is 19.8 Å². The first-order chi connectivity index (χ1) is 10.9. The summed E-state index contributed by atoms with van der Waals surface area (Å²) >= 11 is 0. The predicted octanol–water partition coefficient (Wildman–Crippen LogP) is 2.06. The van der Waals surface area contributed by atoms with Gasteiger partial charge in [-0.2, -0.15) is 0 Å². The molecule has 0 aliphatic carbocycles. The summed E-state index contributed by atoms with van der Waals surface area (Å²) in [5.74, 6) is 0.165. The maximum Gasteiger partial charge on any atom is 0.255 e. The minimum absolute atomic E-state index is 0.265. The number of nitrogens with one attached hydrogen (secondary N) is 1. The number of aromatic nitrogens is 2. The molecule has 1 amide bonds. The number of rotatable bonds is 4. The van der Waals surface area contributed by atoms with Crippen molar-refractivity contribution in [2.45, 2.75) is 20.3 Å². The van der Waals surface area contributed by atoms with Gasteiger partial charge in [0.15, 0.2) is 5.65 Å². The van der Waals surface area contributed by atoms with E-state index in [2.05, 4.69) is 15.3 Å². The summed E-state index contributed by atoms with van der Waals surface area (Å²) in [7, 11) is 0. The third kappa shape index (κ3) is 3.23. The highest BCUT2D eigenvalue weighted by atomic mass is 19.3. The van der Waals surface area contributed by atoms with Crippen LogP contribution in [0.1, 0.15) is 11.3 Å². The van der Waals surface area contributed by atoms with Crippen LogP contribution in [0.3, 0.4) is 0 Å². The number of amides is 1. The molecular weight excluding hydrogens is 302 g/mol. The molecule has 2 aromatic heterocycles. The van der Waals surface area contributed by atoms with E-state index in [-0.39, 0.29) is 11.8 Å². The van der Waals surface area contributed by atoms with Gasteiger partial charge in [-0.25, -0.2) is 18.7 Å². The van der Waals surface area contributed by atoms with Gasteiger partial charge in [0.05, 0.1) is 12.5 Å². The highest BCUT2D eigenvalue weighted by molar-refractivity contribution is 5.83. The topological polar surface area (TPSA) is 58.1 Å². The second-order valence-electron chi connectivity index (χ2n) is 5.86. The van der Waals surface area contributed by atoms with Gasteiger partial charge in [-0.1, -0.05) is 0 Å². The number of anilines is 1. The largest absolute Gasteiger partial charge is 0.355 e. The first-order valence-electron chi connectivity index (χ1n) is 7.50. The van der Waals surface area contributed by atoms with Crippen molar-refractivity contribution in [3.05, 3.63) is 29.5 Å². The molecule has 2 aromatic rings. The fraction of sp³-hybridized carbons (Fsp3) is 0.438. The Labute approximate surface area is 132 Å². The smallest absolute Gasteiger partial charge is 0.255 e. The molecule has 1 aliphatic rings. The number of nitrogens with zero attached hydrogens (tertiary/aromatic N) is 3. The first kappa shape index (κ1) is 15.6. The molecule has 122 valence electrons. The number of fused-ring (bicyclic) bond motifs is 1. The Hall–Kier alpha value is -2.31. The highest BCUT2D eigenvalue weighted by Crippen LogP contribution is 2.26. The van der Waals surface area contributed by atoms with Crippen LogP contribution in [0.15, 0.2) is 18.2 Å². The number of aryl methyl sites for hydroxylation is 2. The molecule has 1 N–H and O–H groups in total. The van der Waals surface area contributed by atoms with Gasteiger partial charge in [-0.3, -0.25) is 4.79 Å². The van der Waals surface area contributed by atoms with Crippen LogP contribution in [0.5, 0.6) is 0 Å². The van der Waals surface area contributed by atoms with Crippen molar-refractivity contribution < 1.29 is 13.6 Å². The molecule has 0 saturated carbocycles. The molecule has 5 nitrogen and oxygen atoms in total. The number of pyridine rings is 2. The Morgan fingerprint density at radius 2 is 2.09 bits per heavy atom. The summed E-state index contributed by atoms with van der Waals surface area (Å²) in [5.41, 5.74) is 2.72. The Morgan fingerprint density at radius 1 is 1.35 bits per heavy atom. The fourth-order valence-electron chi connectivity index (χ4n) is 2.75. The molecule has 0 aromatic carbocycles. The van der Waals surface area contributed by atoms with E-state index in [4.69, 9.17) is 0 Å².